The third-order valence-corrected chi connectivity index (χ3v) is 5.03. The van der Waals surface area contributed by atoms with Crippen LogP contribution in [0, 0.1) is 0 Å². The van der Waals surface area contributed by atoms with Crippen LogP contribution in [0.15, 0.2) is 47.5 Å². The van der Waals surface area contributed by atoms with E-state index in [-0.39, 0.29) is 24.0 Å². The number of halogens is 1. The predicted molar refractivity (Wildman–Crippen MR) is 124 cm³/mol. The predicted octanol–water partition coefficient (Wildman–Crippen LogP) is 2.09. The lowest BCUT2D eigenvalue weighted by Crippen LogP contribution is -2.43. The van der Waals surface area contributed by atoms with E-state index in [1.165, 1.54) is 0 Å². The van der Waals surface area contributed by atoms with Crippen LogP contribution in [-0.4, -0.2) is 78.9 Å². The third kappa shape index (κ3) is 7.02. The number of benzene rings is 1. The molecule has 1 fully saturated rings. The summed E-state index contributed by atoms with van der Waals surface area (Å²) >= 11 is 0. The van der Waals surface area contributed by atoms with Crippen molar-refractivity contribution < 1.29 is 9.84 Å². The average molecular weight is 500 g/mol. The van der Waals surface area contributed by atoms with Gasteiger partial charge in [0.15, 0.2) is 5.96 Å². The number of aliphatic hydroxyl groups is 1. The summed E-state index contributed by atoms with van der Waals surface area (Å²) in [6, 6.07) is 10.6. The van der Waals surface area contributed by atoms with Crippen LogP contribution < -0.4 is 5.32 Å². The summed E-state index contributed by atoms with van der Waals surface area (Å²) in [5.74, 6) is 0.897. The van der Waals surface area contributed by atoms with Crippen LogP contribution in [-0.2, 0) is 11.3 Å². The zero-order valence-electron chi connectivity index (χ0n) is 16.7. The first-order chi connectivity index (χ1) is 13.3. The highest BCUT2D eigenvalue weighted by Crippen LogP contribution is 2.18. The highest BCUT2D eigenvalue weighted by atomic mass is 127. The Balaban J connectivity index is 0.00000280. The second kappa shape index (κ2) is 12.4. The molecule has 0 spiro atoms. The van der Waals surface area contributed by atoms with E-state index in [2.05, 4.69) is 39.2 Å². The van der Waals surface area contributed by atoms with Gasteiger partial charge in [0.05, 0.1) is 25.9 Å². The minimum absolute atomic E-state index is 0. The molecule has 0 amide bonds. The van der Waals surface area contributed by atoms with Crippen molar-refractivity contribution in [3.63, 3.8) is 0 Å². The lowest BCUT2D eigenvalue weighted by molar-refractivity contribution is 0.0330. The van der Waals surface area contributed by atoms with Crippen LogP contribution in [0.25, 0.3) is 0 Å². The average Bonchev–Trinajstić information content (AvgIpc) is 3.37. The molecule has 0 aliphatic carbocycles. The molecule has 1 aromatic carbocycles. The molecule has 0 aromatic heterocycles. The maximum atomic E-state index is 10.2. The largest absolute Gasteiger partial charge is 0.389 e. The smallest absolute Gasteiger partial charge is 0.194 e. The first-order valence-corrected chi connectivity index (χ1v) is 9.98. The number of ether oxygens (including phenoxy) is 1. The maximum Gasteiger partial charge on any atom is 0.194 e. The zero-order chi connectivity index (χ0) is 18.9. The first-order valence-electron chi connectivity index (χ1n) is 9.98. The molecule has 2 aliphatic rings. The van der Waals surface area contributed by atoms with Crippen LogP contribution in [0.3, 0.4) is 0 Å². The number of nitrogens with zero attached hydrogens (tertiary/aromatic N) is 3. The number of rotatable bonds is 8. The van der Waals surface area contributed by atoms with E-state index < -0.39 is 6.10 Å². The monoisotopic (exact) mass is 500 g/mol. The Morgan fingerprint density at radius 3 is 2.75 bits per heavy atom. The Bertz CT molecular complexity index is 618. The Kier molecular flexibility index (Phi) is 10.3. The van der Waals surface area contributed by atoms with Gasteiger partial charge in [0.2, 0.25) is 0 Å². The highest BCUT2D eigenvalue weighted by molar-refractivity contribution is 14.0. The van der Waals surface area contributed by atoms with Crippen molar-refractivity contribution in [1.29, 1.82) is 0 Å². The van der Waals surface area contributed by atoms with E-state index in [1.54, 1.807) is 0 Å². The Hall–Kier alpha value is -1.16. The van der Waals surface area contributed by atoms with E-state index in [1.807, 2.05) is 30.3 Å². The molecule has 0 radical (unpaired) electrons. The van der Waals surface area contributed by atoms with Crippen molar-refractivity contribution in [2.24, 2.45) is 4.99 Å². The summed E-state index contributed by atoms with van der Waals surface area (Å²) in [5, 5.41) is 13.6. The fraction of sp³-hybridized carbons (Fsp3) is 0.571. The summed E-state index contributed by atoms with van der Waals surface area (Å²) in [4.78, 5) is 9.47. The Morgan fingerprint density at radius 1 is 1.29 bits per heavy atom. The fourth-order valence-corrected chi connectivity index (χ4v) is 3.58. The molecule has 2 N–H and O–H groups in total. The number of likely N-dealkylation sites (tertiary alicyclic amines) is 1. The lowest BCUT2D eigenvalue weighted by atomic mass is 10.2. The van der Waals surface area contributed by atoms with Gasteiger partial charge in [-0.25, -0.2) is 0 Å². The summed E-state index contributed by atoms with van der Waals surface area (Å²) in [5.41, 5.74) is 1.11. The van der Waals surface area contributed by atoms with Gasteiger partial charge in [-0.3, -0.25) is 9.89 Å². The molecule has 2 unspecified atom stereocenters. The van der Waals surface area contributed by atoms with Crippen LogP contribution in [0.4, 0.5) is 0 Å². The molecule has 3 rings (SSSR count). The minimum Gasteiger partial charge on any atom is -0.389 e. The van der Waals surface area contributed by atoms with Crippen LogP contribution in [0.1, 0.15) is 18.9 Å². The van der Waals surface area contributed by atoms with E-state index in [4.69, 9.17) is 4.74 Å². The number of hydrogen-bond donors (Lipinski definition) is 2. The van der Waals surface area contributed by atoms with Gasteiger partial charge in [-0.2, -0.15) is 0 Å². The Morgan fingerprint density at radius 2 is 2.04 bits per heavy atom. The quantitative estimate of drug-likeness (QED) is 0.248. The molecule has 28 heavy (non-hydrogen) atoms. The molecule has 2 aliphatic heterocycles. The Labute approximate surface area is 185 Å². The SMILES string of the molecule is CCNC(=NCC(O)COCc1ccccc1)N1CCC(N2CC=CC2)C1.I. The fourth-order valence-electron chi connectivity index (χ4n) is 3.58. The number of aliphatic imine (C=N–C) groups is 1. The molecular formula is C21H33IN4O2. The number of guanidine groups is 1. The lowest BCUT2D eigenvalue weighted by Gasteiger charge is -2.25. The van der Waals surface area contributed by atoms with E-state index in [9.17, 15) is 5.11 Å². The van der Waals surface area contributed by atoms with Crippen LogP contribution in [0.5, 0.6) is 0 Å². The second-order valence-corrected chi connectivity index (χ2v) is 7.16. The van der Waals surface area contributed by atoms with E-state index in [0.29, 0.717) is 25.8 Å². The summed E-state index contributed by atoms with van der Waals surface area (Å²) in [6.07, 6.45) is 5.06. The molecule has 0 saturated carbocycles. The standard InChI is InChI=1S/C21H32N4O2.HI/c1-2-22-21(25-13-10-19(15-25)24-11-6-7-12-24)23-14-20(26)17-27-16-18-8-4-3-5-9-18;/h3-9,19-20,26H,2,10-17H2,1H3,(H,22,23);1H. The molecule has 1 aromatic rings. The first kappa shape index (κ1) is 23.1. The van der Waals surface area contributed by atoms with Gasteiger partial charge < -0.3 is 20.1 Å². The minimum atomic E-state index is -0.594. The molecule has 6 nitrogen and oxygen atoms in total. The maximum absolute atomic E-state index is 10.2. The molecular weight excluding hydrogens is 467 g/mol. The van der Waals surface area contributed by atoms with Crippen molar-refractivity contribution in [3.8, 4) is 0 Å². The van der Waals surface area contributed by atoms with Crippen molar-refractivity contribution in [2.45, 2.75) is 32.1 Å². The van der Waals surface area contributed by atoms with Gasteiger partial charge in [0.1, 0.15) is 0 Å². The van der Waals surface area contributed by atoms with E-state index in [0.717, 1.165) is 50.7 Å². The van der Waals surface area contributed by atoms with Gasteiger partial charge >= 0.3 is 0 Å². The summed E-state index contributed by atoms with van der Waals surface area (Å²) < 4.78 is 5.62. The van der Waals surface area contributed by atoms with Gasteiger partial charge in [-0.15, -0.1) is 24.0 Å². The third-order valence-electron chi connectivity index (χ3n) is 5.03. The van der Waals surface area contributed by atoms with Gasteiger partial charge in [0, 0.05) is 38.8 Å². The van der Waals surface area contributed by atoms with Gasteiger partial charge in [-0.05, 0) is 18.9 Å². The molecule has 0 bridgehead atoms. The van der Waals surface area contributed by atoms with Crippen LogP contribution in [0.2, 0.25) is 0 Å². The number of nitrogens with one attached hydrogen (secondary N) is 1. The summed E-state index contributed by atoms with van der Waals surface area (Å²) in [7, 11) is 0. The van der Waals surface area contributed by atoms with Crippen LogP contribution >= 0.6 is 24.0 Å². The normalized spacial score (nSPS) is 21.0. The molecule has 1 saturated heterocycles. The van der Waals surface area contributed by atoms with Gasteiger partial charge in [-0.1, -0.05) is 42.5 Å². The van der Waals surface area contributed by atoms with E-state index >= 15 is 0 Å². The topological polar surface area (TPSA) is 60.3 Å². The molecule has 2 heterocycles. The number of hydrogen-bond acceptors (Lipinski definition) is 4. The molecule has 156 valence electrons. The van der Waals surface area contributed by atoms with Crippen molar-refractivity contribution in [2.75, 3.05) is 45.9 Å². The molecule has 2 atom stereocenters. The van der Waals surface area contributed by atoms with Crippen molar-refractivity contribution in [3.05, 3.63) is 48.0 Å². The second-order valence-electron chi connectivity index (χ2n) is 7.16. The van der Waals surface area contributed by atoms with Crippen molar-refractivity contribution in [1.82, 2.24) is 15.1 Å². The highest BCUT2D eigenvalue weighted by Gasteiger charge is 2.29. The zero-order valence-corrected chi connectivity index (χ0v) is 19.0. The summed E-state index contributed by atoms with van der Waals surface area (Å²) in [6.45, 7) is 8.18. The molecule has 7 heteroatoms. The van der Waals surface area contributed by atoms with Gasteiger partial charge in [0.25, 0.3) is 0 Å². The van der Waals surface area contributed by atoms with Crippen molar-refractivity contribution >= 4 is 29.9 Å². The number of aliphatic hydroxyl groups excluding tert-OH is 1.